The van der Waals surface area contributed by atoms with E-state index in [-0.39, 0.29) is 0 Å². The van der Waals surface area contributed by atoms with Crippen molar-refractivity contribution in [2.75, 3.05) is 0 Å². The van der Waals surface area contributed by atoms with Crippen molar-refractivity contribution in [2.45, 2.75) is 12.5 Å². The lowest BCUT2D eigenvalue weighted by Gasteiger charge is -2.26. The van der Waals surface area contributed by atoms with Gasteiger partial charge in [0.25, 0.3) is 0 Å². The van der Waals surface area contributed by atoms with Gasteiger partial charge in [0.1, 0.15) is 5.60 Å². The summed E-state index contributed by atoms with van der Waals surface area (Å²) in [6, 6.07) is 21.5. The van der Waals surface area contributed by atoms with Gasteiger partial charge >= 0.3 is 0 Å². The lowest BCUT2D eigenvalue weighted by atomic mass is 9.87. The van der Waals surface area contributed by atoms with Crippen molar-refractivity contribution in [3.63, 3.8) is 0 Å². The summed E-state index contributed by atoms with van der Waals surface area (Å²) in [6.45, 7) is 1.78. The largest absolute Gasteiger partial charge is 0.381 e. The molecule has 0 aliphatic carbocycles. The maximum Gasteiger partial charge on any atom is 0.113 e. The van der Waals surface area contributed by atoms with Gasteiger partial charge in [-0.2, -0.15) is 0 Å². The fourth-order valence-corrected chi connectivity index (χ4v) is 2.82. The van der Waals surface area contributed by atoms with Gasteiger partial charge in [-0.25, -0.2) is 0 Å². The molecular formula is C18H15ClO. The molecule has 3 aromatic carbocycles. The molecular weight excluding hydrogens is 268 g/mol. The molecule has 0 radical (unpaired) electrons. The second kappa shape index (κ2) is 4.93. The van der Waals surface area contributed by atoms with E-state index in [1.807, 2.05) is 54.6 Å². The van der Waals surface area contributed by atoms with E-state index in [9.17, 15) is 5.11 Å². The summed E-state index contributed by atoms with van der Waals surface area (Å²) in [6.07, 6.45) is 0. The van der Waals surface area contributed by atoms with E-state index in [0.717, 1.165) is 21.9 Å². The molecule has 0 bridgehead atoms. The van der Waals surface area contributed by atoms with E-state index < -0.39 is 5.60 Å². The summed E-state index contributed by atoms with van der Waals surface area (Å²) >= 11 is 6.22. The third-order valence-electron chi connectivity index (χ3n) is 3.71. The lowest BCUT2D eigenvalue weighted by molar-refractivity contribution is 0.102. The predicted octanol–water partition coefficient (Wildman–Crippen LogP) is 4.75. The van der Waals surface area contributed by atoms with Crippen molar-refractivity contribution >= 4 is 22.4 Å². The molecule has 3 aromatic rings. The highest BCUT2D eigenvalue weighted by atomic mass is 35.5. The Morgan fingerprint density at radius 3 is 2.25 bits per heavy atom. The molecule has 1 nitrogen and oxygen atoms in total. The minimum Gasteiger partial charge on any atom is -0.381 e. The standard InChI is InChI=1S/C18H15ClO/c1-18(20,16-8-4-5-9-17(16)19)15-11-10-13-6-2-3-7-14(13)12-15/h2-12,20H,1H3. The number of halogens is 1. The first-order valence-corrected chi connectivity index (χ1v) is 6.93. The Kier molecular flexibility index (Phi) is 3.25. The first-order chi connectivity index (χ1) is 9.59. The van der Waals surface area contributed by atoms with Crippen molar-refractivity contribution in [1.29, 1.82) is 0 Å². The van der Waals surface area contributed by atoms with Gasteiger partial charge in [0, 0.05) is 10.6 Å². The van der Waals surface area contributed by atoms with Gasteiger partial charge in [-0.3, -0.25) is 0 Å². The molecule has 20 heavy (non-hydrogen) atoms. The van der Waals surface area contributed by atoms with Crippen LogP contribution < -0.4 is 0 Å². The van der Waals surface area contributed by atoms with Crippen molar-refractivity contribution < 1.29 is 5.11 Å². The van der Waals surface area contributed by atoms with Crippen LogP contribution in [0, 0.1) is 0 Å². The molecule has 0 amide bonds. The lowest BCUT2D eigenvalue weighted by Crippen LogP contribution is -2.23. The first kappa shape index (κ1) is 13.2. The second-order valence-corrected chi connectivity index (χ2v) is 5.52. The second-order valence-electron chi connectivity index (χ2n) is 5.11. The Labute approximate surface area is 123 Å². The normalized spacial score (nSPS) is 14.2. The Balaban J connectivity index is 2.16. The van der Waals surface area contributed by atoms with Crippen molar-refractivity contribution in [3.8, 4) is 0 Å². The molecule has 1 atom stereocenters. The fraction of sp³-hybridized carbons (Fsp3) is 0.111. The highest BCUT2D eigenvalue weighted by Gasteiger charge is 2.27. The highest BCUT2D eigenvalue weighted by Crippen LogP contribution is 2.34. The summed E-state index contributed by atoms with van der Waals surface area (Å²) in [5.41, 5.74) is 0.448. The van der Waals surface area contributed by atoms with Gasteiger partial charge in [0.05, 0.1) is 0 Å². The van der Waals surface area contributed by atoms with Crippen LogP contribution in [0.15, 0.2) is 66.7 Å². The van der Waals surface area contributed by atoms with Gasteiger partial charge in [0.2, 0.25) is 0 Å². The van der Waals surface area contributed by atoms with Gasteiger partial charge in [0.15, 0.2) is 0 Å². The molecule has 3 rings (SSSR count). The summed E-state index contributed by atoms with van der Waals surface area (Å²) in [5, 5.41) is 13.8. The molecule has 0 heterocycles. The number of hydrogen-bond donors (Lipinski definition) is 1. The zero-order chi connectivity index (χ0) is 14.2. The van der Waals surface area contributed by atoms with Crippen LogP contribution in [-0.4, -0.2) is 5.11 Å². The molecule has 0 saturated heterocycles. The number of hydrogen-bond acceptors (Lipinski definition) is 1. The monoisotopic (exact) mass is 282 g/mol. The molecule has 1 N–H and O–H groups in total. The average molecular weight is 283 g/mol. The van der Waals surface area contributed by atoms with E-state index >= 15 is 0 Å². The molecule has 0 aliphatic heterocycles. The third kappa shape index (κ3) is 2.20. The zero-order valence-electron chi connectivity index (χ0n) is 11.2. The van der Waals surface area contributed by atoms with Crippen molar-refractivity contribution in [3.05, 3.63) is 82.9 Å². The zero-order valence-corrected chi connectivity index (χ0v) is 11.9. The maximum absolute atomic E-state index is 10.9. The molecule has 0 aliphatic rings. The van der Waals surface area contributed by atoms with Crippen molar-refractivity contribution in [1.82, 2.24) is 0 Å². The third-order valence-corrected chi connectivity index (χ3v) is 4.04. The first-order valence-electron chi connectivity index (χ1n) is 6.56. The van der Waals surface area contributed by atoms with Gasteiger partial charge < -0.3 is 5.11 Å². The van der Waals surface area contributed by atoms with Gasteiger partial charge in [-0.1, -0.05) is 66.2 Å². The minimum absolute atomic E-state index is 0.575. The quantitative estimate of drug-likeness (QED) is 0.719. The summed E-state index contributed by atoms with van der Waals surface area (Å²) < 4.78 is 0. The maximum atomic E-state index is 10.9. The smallest absolute Gasteiger partial charge is 0.113 e. The SMILES string of the molecule is CC(O)(c1ccc2ccccc2c1)c1ccccc1Cl. The topological polar surface area (TPSA) is 20.2 Å². The number of rotatable bonds is 2. The Morgan fingerprint density at radius 2 is 1.50 bits per heavy atom. The van der Waals surface area contributed by atoms with Gasteiger partial charge in [-0.05, 0) is 35.4 Å². The van der Waals surface area contributed by atoms with E-state index in [1.165, 1.54) is 0 Å². The van der Waals surface area contributed by atoms with E-state index in [4.69, 9.17) is 11.6 Å². The van der Waals surface area contributed by atoms with Crippen LogP contribution in [0.2, 0.25) is 5.02 Å². The van der Waals surface area contributed by atoms with E-state index in [0.29, 0.717) is 5.02 Å². The van der Waals surface area contributed by atoms with Crippen LogP contribution in [-0.2, 0) is 5.60 Å². The summed E-state index contributed by atoms with van der Waals surface area (Å²) in [4.78, 5) is 0. The van der Waals surface area contributed by atoms with Crippen LogP contribution in [0.3, 0.4) is 0 Å². The summed E-state index contributed by atoms with van der Waals surface area (Å²) in [5.74, 6) is 0. The predicted molar refractivity (Wildman–Crippen MR) is 84.1 cm³/mol. The molecule has 0 aromatic heterocycles. The fourth-order valence-electron chi connectivity index (χ4n) is 2.50. The summed E-state index contributed by atoms with van der Waals surface area (Å²) in [7, 11) is 0. The van der Waals surface area contributed by atoms with Crippen LogP contribution >= 0.6 is 11.6 Å². The van der Waals surface area contributed by atoms with E-state index in [1.54, 1.807) is 13.0 Å². The van der Waals surface area contributed by atoms with E-state index in [2.05, 4.69) is 6.07 Å². The Hall–Kier alpha value is -1.83. The van der Waals surface area contributed by atoms with Gasteiger partial charge in [-0.15, -0.1) is 0 Å². The molecule has 1 unspecified atom stereocenters. The van der Waals surface area contributed by atoms with Crippen LogP contribution in [0.25, 0.3) is 10.8 Å². The van der Waals surface area contributed by atoms with Crippen LogP contribution in [0.4, 0.5) is 0 Å². The highest BCUT2D eigenvalue weighted by molar-refractivity contribution is 6.31. The van der Waals surface area contributed by atoms with Crippen LogP contribution in [0.5, 0.6) is 0 Å². The number of fused-ring (bicyclic) bond motifs is 1. The Morgan fingerprint density at radius 1 is 0.850 bits per heavy atom. The molecule has 0 saturated carbocycles. The van der Waals surface area contributed by atoms with Crippen molar-refractivity contribution in [2.24, 2.45) is 0 Å². The Bertz CT molecular complexity index is 762. The minimum atomic E-state index is -1.11. The number of aliphatic hydroxyl groups is 1. The molecule has 2 heteroatoms. The average Bonchev–Trinajstić information content (AvgIpc) is 2.47. The molecule has 100 valence electrons. The molecule has 0 spiro atoms. The molecule has 0 fully saturated rings. The van der Waals surface area contributed by atoms with Crippen LogP contribution in [0.1, 0.15) is 18.1 Å². The number of benzene rings is 3.